The van der Waals surface area contributed by atoms with Crippen molar-refractivity contribution < 1.29 is 32.8 Å². The van der Waals surface area contributed by atoms with Crippen LogP contribution in [-0.2, 0) is 28.9 Å². The maximum absolute atomic E-state index is 13.4. The summed E-state index contributed by atoms with van der Waals surface area (Å²) in [5.41, 5.74) is 1.28. The van der Waals surface area contributed by atoms with Gasteiger partial charge in [-0.1, -0.05) is 0 Å². The van der Waals surface area contributed by atoms with Crippen molar-refractivity contribution in [1.82, 2.24) is 24.2 Å². The molecule has 5 aromatic rings. The Bertz CT molecular complexity index is 2280. The molecular weight excluding hydrogens is 876 g/mol. The first kappa shape index (κ1) is 46.8. The fraction of sp³-hybridized carbons (Fsp3) is 0.444. The van der Waals surface area contributed by atoms with Gasteiger partial charge in [-0.2, -0.15) is 0 Å². The van der Waals surface area contributed by atoms with E-state index in [1.807, 2.05) is 78.9 Å². The van der Waals surface area contributed by atoms with Crippen LogP contribution in [0, 0.1) is 17.2 Å². The number of H-pyrrole nitrogens is 1. The first-order valence-corrected chi connectivity index (χ1v) is 24.4. The summed E-state index contributed by atoms with van der Waals surface area (Å²) in [4.78, 5) is 37.6. The van der Waals surface area contributed by atoms with Crippen LogP contribution in [0.25, 0.3) is 11.2 Å². The first-order valence-electron chi connectivity index (χ1n) is 20.6. The zero-order valence-electron chi connectivity index (χ0n) is 36.6. The zero-order valence-corrected chi connectivity index (χ0v) is 39.2. The third kappa shape index (κ3) is 10.1. The Morgan fingerprint density at radius 3 is 2.10 bits per heavy atom. The number of carbonyl (C=O) groups is 1. The molecule has 6 rings (SSSR count). The van der Waals surface area contributed by atoms with Gasteiger partial charge in [0.2, 0.25) is 0 Å². The predicted molar refractivity (Wildman–Crippen MR) is 239 cm³/mol. The minimum absolute atomic E-state index is 0.0118. The number of imidazole rings is 1. The molecule has 0 radical (unpaired) electrons. The van der Waals surface area contributed by atoms with Gasteiger partial charge in [0.05, 0.1) is 0 Å². The molecule has 1 aliphatic rings. The molecule has 1 amide bonds. The van der Waals surface area contributed by atoms with E-state index < -0.39 is 38.1 Å². The van der Waals surface area contributed by atoms with E-state index in [4.69, 9.17) is 28.0 Å². The molecule has 3 heterocycles. The Morgan fingerprint density at radius 2 is 1.56 bits per heavy atom. The van der Waals surface area contributed by atoms with Crippen molar-refractivity contribution in [1.29, 1.82) is 5.26 Å². The topological polar surface area (TPSA) is 175 Å². The van der Waals surface area contributed by atoms with Gasteiger partial charge in [0.25, 0.3) is 0 Å². The van der Waals surface area contributed by atoms with E-state index in [1.165, 1.54) is 0 Å². The monoisotopic (exact) mass is 933 g/mol. The summed E-state index contributed by atoms with van der Waals surface area (Å²) in [6.45, 7) is 12.1. The molecule has 2 aromatic heterocycles. The van der Waals surface area contributed by atoms with Gasteiger partial charge in [0.1, 0.15) is 0 Å². The molecule has 0 bridgehead atoms. The average molecular weight is 933 g/mol. The van der Waals surface area contributed by atoms with Crippen LogP contribution in [0.3, 0.4) is 0 Å². The van der Waals surface area contributed by atoms with Crippen molar-refractivity contribution in [3.8, 4) is 17.6 Å². The summed E-state index contributed by atoms with van der Waals surface area (Å²) in [6.07, 6.45) is -0.255. The van der Waals surface area contributed by atoms with Gasteiger partial charge in [0.15, 0.2) is 0 Å². The number of fused-ring (bicyclic) bond motifs is 1. The van der Waals surface area contributed by atoms with Gasteiger partial charge in [-0.15, -0.1) is 0 Å². The predicted octanol–water partition coefficient (Wildman–Crippen LogP) is 7.84. The number of hydrogen-bond acceptors (Lipinski definition) is 12. The first-order chi connectivity index (χ1) is 29.9. The summed E-state index contributed by atoms with van der Waals surface area (Å²) in [6, 6.07) is 28.0. The molecule has 330 valence electrons. The van der Waals surface area contributed by atoms with Crippen LogP contribution in [0.1, 0.15) is 70.9 Å². The van der Waals surface area contributed by atoms with E-state index in [9.17, 15) is 14.9 Å². The second-order valence-corrected chi connectivity index (χ2v) is 19.1. The third-order valence-electron chi connectivity index (χ3n) is 10.5. The number of carbonyl (C=O) groups excluding carboxylic acids is 1. The summed E-state index contributed by atoms with van der Waals surface area (Å²) in [5.74, 6) is 2.89. The van der Waals surface area contributed by atoms with Gasteiger partial charge in [0, 0.05) is 0 Å². The Morgan fingerprint density at radius 1 is 0.968 bits per heavy atom. The zero-order chi connectivity index (χ0) is 44.6. The molecule has 3 aromatic carbocycles. The van der Waals surface area contributed by atoms with Crippen molar-refractivity contribution in [2.75, 3.05) is 32.8 Å². The number of aromatic nitrogens is 4. The maximum atomic E-state index is 13.4. The molecule has 1 aliphatic heterocycles. The van der Waals surface area contributed by atoms with Crippen molar-refractivity contribution in [3.05, 3.63) is 112 Å². The van der Waals surface area contributed by atoms with Gasteiger partial charge < -0.3 is 0 Å². The Labute approximate surface area is 370 Å². The number of aromatic amines is 1. The van der Waals surface area contributed by atoms with E-state index >= 15 is 0 Å². The minimum atomic E-state index is -1.72. The Hall–Kier alpha value is -4.68. The number of benzene rings is 3. The Kier molecular flexibility index (Phi) is 16.0. The van der Waals surface area contributed by atoms with E-state index in [-0.39, 0.29) is 80.4 Å². The van der Waals surface area contributed by atoms with Gasteiger partial charge in [-0.3, -0.25) is 0 Å². The fourth-order valence-electron chi connectivity index (χ4n) is 7.56. The van der Waals surface area contributed by atoms with E-state index in [0.29, 0.717) is 11.5 Å². The molecular formula is C45H56N7O8PSe. The summed E-state index contributed by atoms with van der Waals surface area (Å²) >= 11 is -0.132. The van der Waals surface area contributed by atoms with E-state index in [0.717, 1.165) is 16.7 Å². The number of rotatable bonds is 20. The number of nitrogens with zero attached hydrogens (tertiary/aromatic N) is 5. The normalized spacial score (nSPS) is 18.5. The number of anilines is 1. The number of nitrogens with one attached hydrogen (secondary N) is 2. The van der Waals surface area contributed by atoms with Crippen LogP contribution < -0.4 is 20.3 Å². The van der Waals surface area contributed by atoms with E-state index in [1.54, 1.807) is 39.0 Å². The quantitative estimate of drug-likeness (QED) is 0.0336. The van der Waals surface area contributed by atoms with Crippen LogP contribution in [0.15, 0.2) is 90.0 Å². The van der Waals surface area contributed by atoms with Crippen LogP contribution in [-0.4, -0.2) is 96.8 Å². The van der Waals surface area contributed by atoms with Gasteiger partial charge in [-0.25, -0.2) is 0 Å². The molecule has 0 saturated carbocycles. The number of hydrogen-bond donors (Lipinski definition) is 2. The van der Waals surface area contributed by atoms with E-state index in [2.05, 4.69) is 64.5 Å². The summed E-state index contributed by atoms with van der Waals surface area (Å²) < 4.78 is 43.3. The second-order valence-electron chi connectivity index (χ2n) is 15.6. The second kappa shape index (κ2) is 21.1. The summed E-state index contributed by atoms with van der Waals surface area (Å²) in [5, 5.41) is 12.2. The fourth-order valence-corrected chi connectivity index (χ4v) is 11.5. The molecule has 2 N–H and O–H groups in total. The van der Waals surface area contributed by atoms with Crippen molar-refractivity contribution in [3.63, 3.8) is 0 Å². The van der Waals surface area contributed by atoms with Crippen LogP contribution in [0.5, 0.6) is 11.5 Å². The Balaban J connectivity index is 1.50. The van der Waals surface area contributed by atoms with Gasteiger partial charge >= 0.3 is 372 Å². The molecule has 1 saturated heterocycles. The van der Waals surface area contributed by atoms with Gasteiger partial charge in [-0.05, 0) is 0 Å². The molecule has 15 nitrogen and oxygen atoms in total. The molecule has 1 fully saturated rings. The number of amides is 1. The standard InChI is InChI=1S/C45H56N7O8PSe/c1-28(2)41(53)49-44-48-40-37(42(54)50-44)47-27-51(40)43-39(62-9)38(60-61(58-25-13-24-46)52(29(3)4)30(5)6)36(59-43)26-57-45(31-14-11-10-12-15-31,32-16-20-34(55-7)21-17-32)33-18-22-35(56-8)23-19-33/h10-12,14-23,27-30,36,38-39,43H,13,25-26H2,1-9H3,(H2,48,49,50,53,54)/t36-,38-,39-,43-,61?/m1/s1. The average Bonchev–Trinajstić information content (AvgIpc) is 3.85. The molecule has 5 atom stereocenters. The molecule has 62 heavy (non-hydrogen) atoms. The van der Waals surface area contributed by atoms with Crippen molar-refractivity contribution >= 4 is 46.5 Å². The van der Waals surface area contributed by atoms with Crippen LogP contribution in [0.4, 0.5) is 5.95 Å². The molecule has 1 unspecified atom stereocenters. The van der Waals surface area contributed by atoms with Crippen LogP contribution in [0.2, 0.25) is 10.6 Å². The number of nitriles is 1. The van der Waals surface area contributed by atoms with Crippen molar-refractivity contribution in [2.24, 2.45) is 5.92 Å². The van der Waals surface area contributed by atoms with Crippen molar-refractivity contribution in [2.45, 2.75) is 94.7 Å². The SMILES string of the molecule is COc1ccc(C(OC[C@H]2O[C@@H](n3cnc4c(=O)[nH]c(NC(=O)C(C)C)nc43)[C@H]([Se]C)[C@@H]2OP(OCCC#N)N(C(C)C)C(C)C)(c2ccccc2)c2ccc(OC)cc2)cc1. The van der Waals surface area contributed by atoms with Crippen LogP contribution >= 0.6 is 8.53 Å². The third-order valence-corrected chi connectivity index (χ3v) is 14.9. The molecule has 17 heteroatoms. The summed E-state index contributed by atoms with van der Waals surface area (Å²) in [7, 11) is 1.55. The number of methoxy groups -OCH3 is 2. The number of ether oxygens (including phenoxy) is 4. The molecule has 0 spiro atoms. The molecule has 0 aliphatic carbocycles.